The minimum Gasteiger partial charge on any atom is -0.342 e. The average Bonchev–Trinajstić information content (AvgIpc) is 3.46. The Kier molecular flexibility index (Phi) is 7.20. The Hall–Kier alpha value is -3.03. The molecule has 1 aromatic heterocycles. The van der Waals surface area contributed by atoms with Gasteiger partial charge in [0.05, 0.1) is 23.1 Å². The number of hydrogen-bond acceptors (Lipinski definition) is 4. The summed E-state index contributed by atoms with van der Waals surface area (Å²) in [6.45, 7) is 4.77. The molecule has 2 unspecified atom stereocenters. The molecule has 2 atom stereocenters. The molecule has 0 bridgehead atoms. The Morgan fingerprint density at radius 1 is 1.21 bits per heavy atom. The number of carbonyl (C=O) groups is 1. The van der Waals surface area contributed by atoms with E-state index in [1.54, 1.807) is 23.2 Å². The second kappa shape index (κ2) is 10.3. The SMILES string of the molecule is CCc1c(C(=O)N(C)CCCC2CC(c3cccc(F)c3)NN2)cnn1-c1ccc(C)cc1. The maximum Gasteiger partial charge on any atom is 0.257 e. The molecule has 1 aliphatic heterocycles. The topological polar surface area (TPSA) is 62.2 Å². The highest BCUT2D eigenvalue weighted by atomic mass is 19.1. The fraction of sp³-hybridized carbons (Fsp3) is 0.385. The van der Waals surface area contributed by atoms with E-state index < -0.39 is 0 Å². The number of aryl methyl sites for hydroxylation is 1. The molecule has 174 valence electrons. The van der Waals surface area contributed by atoms with Crippen molar-refractivity contribution in [2.45, 2.75) is 51.6 Å². The van der Waals surface area contributed by atoms with Gasteiger partial charge >= 0.3 is 0 Å². The maximum atomic E-state index is 13.5. The maximum absolute atomic E-state index is 13.5. The van der Waals surface area contributed by atoms with Gasteiger partial charge in [0.1, 0.15) is 5.82 Å². The van der Waals surface area contributed by atoms with Gasteiger partial charge in [-0.25, -0.2) is 9.07 Å². The lowest BCUT2D eigenvalue weighted by Crippen LogP contribution is -2.32. The third-order valence-corrected chi connectivity index (χ3v) is 6.34. The number of rotatable bonds is 8. The molecule has 4 rings (SSSR count). The van der Waals surface area contributed by atoms with Crippen LogP contribution in [0, 0.1) is 12.7 Å². The Morgan fingerprint density at radius 2 is 2.00 bits per heavy atom. The van der Waals surface area contributed by atoms with Crippen molar-refractivity contribution in [2.75, 3.05) is 13.6 Å². The number of benzene rings is 2. The third-order valence-electron chi connectivity index (χ3n) is 6.34. The molecule has 1 fully saturated rings. The number of carbonyl (C=O) groups excluding carboxylic acids is 1. The molecule has 0 spiro atoms. The van der Waals surface area contributed by atoms with Crippen LogP contribution in [0.1, 0.15) is 59.4 Å². The van der Waals surface area contributed by atoms with Crippen LogP contribution in [-0.4, -0.2) is 40.2 Å². The van der Waals surface area contributed by atoms with E-state index in [0.717, 1.165) is 42.6 Å². The van der Waals surface area contributed by atoms with Crippen molar-refractivity contribution in [3.05, 3.63) is 82.9 Å². The highest BCUT2D eigenvalue weighted by molar-refractivity contribution is 5.95. The number of nitrogens with one attached hydrogen (secondary N) is 2. The van der Waals surface area contributed by atoms with Gasteiger partial charge in [-0.2, -0.15) is 5.10 Å². The van der Waals surface area contributed by atoms with Crippen LogP contribution < -0.4 is 10.9 Å². The molecule has 3 aromatic rings. The third kappa shape index (κ3) is 5.31. The highest BCUT2D eigenvalue weighted by Crippen LogP contribution is 2.25. The van der Waals surface area contributed by atoms with Crippen LogP contribution in [0.4, 0.5) is 4.39 Å². The number of aromatic nitrogens is 2. The molecule has 0 saturated carbocycles. The van der Waals surface area contributed by atoms with E-state index in [1.165, 1.54) is 11.6 Å². The summed E-state index contributed by atoms with van der Waals surface area (Å²) in [5.74, 6) is -0.213. The second-order valence-electron chi connectivity index (χ2n) is 8.80. The van der Waals surface area contributed by atoms with Crippen molar-refractivity contribution in [3.8, 4) is 5.69 Å². The summed E-state index contributed by atoms with van der Waals surface area (Å²) in [5, 5.41) is 4.50. The van der Waals surface area contributed by atoms with Gasteiger partial charge in [-0.05, 0) is 62.4 Å². The summed E-state index contributed by atoms with van der Waals surface area (Å²) in [5.41, 5.74) is 11.3. The molecule has 0 radical (unpaired) electrons. The van der Waals surface area contributed by atoms with E-state index in [-0.39, 0.29) is 23.8 Å². The molecule has 1 aliphatic rings. The zero-order valence-corrected chi connectivity index (χ0v) is 19.5. The normalized spacial score (nSPS) is 17.9. The summed E-state index contributed by atoms with van der Waals surface area (Å²) < 4.78 is 15.4. The molecule has 6 nitrogen and oxygen atoms in total. The van der Waals surface area contributed by atoms with E-state index >= 15 is 0 Å². The summed E-state index contributed by atoms with van der Waals surface area (Å²) in [6, 6.07) is 15.3. The zero-order valence-electron chi connectivity index (χ0n) is 19.5. The molecule has 0 aliphatic carbocycles. The van der Waals surface area contributed by atoms with Crippen LogP contribution >= 0.6 is 0 Å². The summed E-state index contributed by atoms with van der Waals surface area (Å²) >= 11 is 0. The number of hydrazine groups is 1. The minimum absolute atomic E-state index is 0.000329. The first-order valence-corrected chi connectivity index (χ1v) is 11.6. The van der Waals surface area contributed by atoms with Gasteiger partial charge in [0.25, 0.3) is 5.91 Å². The van der Waals surface area contributed by atoms with Crippen LogP contribution in [0.15, 0.2) is 54.7 Å². The first-order chi connectivity index (χ1) is 16.0. The summed E-state index contributed by atoms with van der Waals surface area (Å²) in [4.78, 5) is 14.9. The van der Waals surface area contributed by atoms with Crippen molar-refractivity contribution >= 4 is 5.91 Å². The van der Waals surface area contributed by atoms with E-state index in [1.807, 2.05) is 36.9 Å². The Labute approximate surface area is 194 Å². The Bertz CT molecular complexity index is 1090. The molecule has 2 N–H and O–H groups in total. The fourth-order valence-corrected chi connectivity index (χ4v) is 4.44. The molecule has 1 saturated heterocycles. The van der Waals surface area contributed by atoms with Gasteiger partial charge in [-0.1, -0.05) is 36.8 Å². The predicted molar refractivity (Wildman–Crippen MR) is 128 cm³/mol. The lowest BCUT2D eigenvalue weighted by atomic mass is 9.99. The standard InChI is InChI=1S/C26H32FN5O/c1-4-25-23(17-28-32(25)22-12-10-18(2)11-13-22)26(33)31(3)14-6-9-21-16-24(30-29-21)19-7-5-8-20(27)15-19/h5,7-8,10-13,15,17,21,24,29-30H,4,6,9,14,16H2,1-3H3. The number of hydrogen-bond donors (Lipinski definition) is 2. The highest BCUT2D eigenvalue weighted by Gasteiger charge is 2.25. The zero-order chi connectivity index (χ0) is 23.4. The smallest absolute Gasteiger partial charge is 0.257 e. The lowest BCUT2D eigenvalue weighted by molar-refractivity contribution is 0.0790. The van der Waals surface area contributed by atoms with Gasteiger partial charge in [-0.3, -0.25) is 15.6 Å². The quantitative estimate of drug-likeness (QED) is 0.537. The number of amides is 1. The predicted octanol–water partition coefficient (Wildman–Crippen LogP) is 4.34. The molecule has 2 aromatic carbocycles. The summed E-state index contributed by atoms with van der Waals surface area (Å²) in [7, 11) is 1.85. The van der Waals surface area contributed by atoms with Crippen molar-refractivity contribution in [1.29, 1.82) is 0 Å². The van der Waals surface area contributed by atoms with Crippen LogP contribution in [0.3, 0.4) is 0 Å². The first-order valence-electron chi connectivity index (χ1n) is 11.6. The van der Waals surface area contributed by atoms with Gasteiger partial charge < -0.3 is 4.90 Å². The second-order valence-corrected chi connectivity index (χ2v) is 8.80. The van der Waals surface area contributed by atoms with E-state index in [9.17, 15) is 9.18 Å². The monoisotopic (exact) mass is 449 g/mol. The number of halogens is 1. The van der Waals surface area contributed by atoms with E-state index in [2.05, 4.69) is 35.0 Å². The van der Waals surface area contributed by atoms with Gasteiger partial charge in [0, 0.05) is 25.7 Å². The van der Waals surface area contributed by atoms with Crippen LogP contribution in [-0.2, 0) is 6.42 Å². The van der Waals surface area contributed by atoms with Gasteiger partial charge in [0.2, 0.25) is 0 Å². The average molecular weight is 450 g/mol. The largest absolute Gasteiger partial charge is 0.342 e. The molecule has 1 amide bonds. The minimum atomic E-state index is -0.213. The molecular weight excluding hydrogens is 417 g/mol. The molecule has 2 heterocycles. The van der Waals surface area contributed by atoms with Gasteiger partial charge in [-0.15, -0.1) is 0 Å². The Morgan fingerprint density at radius 3 is 2.73 bits per heavy atom. The van der Waals surface area contributed by atoms with Gasteiger partial charge in [0.15, 0.2) is 0 Å². The van der Waals surface area contributed by atoms with E-state index in [4.69, 9.17) is 0 Å². The first kappa shape index (κ1) is 23.1. The summed E-state index contributed by atoms with van der Waals surface area (Å²) in [6.07, 6.45) is 5.11. The van der Waals surface area contributed by atoms with Crippen LogP contribution in [0.25, 0.3) is 5.69 Å². The van der Waals surface area contributed by atoms with Crippen molar-refractivity contribution in [2.24, 2.45) is 0 Å². The van der Waals surface area contributed by atoms with Crippen LogP contribution in [0.2, 0.25) is 0 Å². The van der Waals surface area contributed by atoms with E-state index in [0.29, 0.717) is 12.1 Å². The molecular formula is C26H32FN5O. The van der Waals surface area contributed by atoms with Crippen molar-refractivity contribution in [3.63, 3.8) is 0 Å². The number of nitrogens with zero attached hydrogens (tertiary/aromatic N) is 3. The fourth-order valence-electron chi connectivity index (χ4n) is 4.44. The van der Waals surface area contributed by atoms with Crippen molar-refractivity contribution < 1.29 is 9.18 Å². The van der Waals surface area contributed by atoms with Crippen molar-refractivity contribution in [1.82, 2.24) is 25.5 Å². The lowest BCUT2D eigenvalue weighted by Gasteiger charge is -2.18. The van der Waals surface area contributed by atoms with Crippen LogP contribution in [0.5, 0.6) is 0 Å². The molecule has 7 heteroatoms. The Balaban J connectivity index is 1.32. The molecule has 33 heavy (non-hydrogen) atoms.